The molecule has 0 bridgehead atoms. The van der Waals surface area contributed by atoms with Gasteiger partial charge in [0.15, 0.2) is 0 Å². The van der Waals surface area contributed by atoms with Crippen LogP contribution < -0.4 is 4.74 Å². The van der Waals surface area contributed by atoms with Crippen molar-refractivity contribution >= 4 is 17.3 Å². The fraction of sp³-hybridized carbons (Fsp3) is 0.571. The van der Waals surface area contributed by atoms with Crippen LogP contribution >= 0.6 is 0 Å². The van der Waals surface area contributed by atoms with E-state index in [9.17, 15) is 14.4 Å². The van der Waals surface area contributed by atoms with Gasteiger partial charge in [-0.15, -0.1) is 0 Å². The van der Waals surface area contributed by atoms with E-state index in [4.69, 9.17) is 4.74 Å². The molecule has 1 aromatic carbocycles. The van der Waals surface area contributed by atoms with Crippen LogP contribution in [0.1, 0.15) is 52.0 Å². The van der Waals surface area contributed by atoms with Gasteiger partial charge in [-0.1, -0.05) is 26.0 Å². The quantitative estimate of drug-likeness (QED) is 0.673. The Balaban J connectivity index is 1.81. The summed E-state index contributed by atoms with van der Waals surface area (Å²) in [5.41, 5.74) is 0.171. The molecule has 0 saturated heterocycles. The molecule has 1 fully saturated rings. The Bertz CT molecular complexity index is 642. The Morgan fingerprint density at radius 1 is 1.12 bits per heavy atom. The van der Waals surface area contributed by atoms with Crippen LogP contribution in [0.4, 0.5) is 0 Å². The Hall–Kier alpha value is -1.97. The molecule has 0 amide bonds. The standard InChI is InChI=1S/C21H28O4/c1-14-15(2)20(24)21(3,19(14)23)12-11-17(22)9-5-7-16-8-6-10-18(13-16)25-4/h6,8,10,13-15H,5,7,9,11-12H2,1-4H3/t14-,15-/m0/s1. The van der Waals surface area contributed by atoms with Crippen molar-refractivity contribution in [3.05, 3.63) is 29.8 Å². The van der Waals surface area contributed by atoms with E-state index in [1.54, 1.807) is 14.0 Å². The van der Waals surface area contributed by atoms with Gasteiger partial charge in [0.25, 0.3) is 0 Å². The lowest BCUT2D eigenvalue weighted by Crippen LogP contribution is -2.31. The molecule has 0 aromatic heterocycles. The predicted octanol–water partition coefficient (Wildman–Crippen LogP) is 3.80. The Morgan fingerprint density at radius 2 is 1.76 bits per heavy atom. The molecule has 1 saturated carbocycles. The molecule has 2 atom stereocenters. The zero-order chi connectivity index (χ0) is 18.6. The average Bonchev–Trinajstić information content (AvgIpc) is 2.76. The highest BCUT2D eigenvalue weighted by Gasteiger charge is 2.53. The van der Waals surface area contributed by atoms with Crippen LogP contribution in [0.5, 0.6) is 5.75 Å². The Labute approximate surface area is 149 Å². The van der Waals surface area contributed by atoms with Gasteiger partial charge >= 0.3 is 0 Å². The number of ether oxygens (including phenoxy) is 1. The maximum atomic E-state index is 12.4. The molecular weight excluding hydrogens is 316 g/mol. The maximum Gasteiger partial charge on any atom is 0.149 e. The summed E-state index contributed by atoms with van der Waals surface area (Å²) in [4.78, 5) is 36.9. The molecule has 25 heavy (non-hydrogen) atoms. The minimum absolute atomic E-state index is 0.00539. The summed E-state index contributed by atoms with van der Waals surface area (Å²) in [6, 6.07) is 7.83. The van der Waals surface area contributed by atoms with Crippen molar-refractivity contribution in [1.29, 1.82) is 0 Å². The molecule has 2 rings (SSSR count). The van der Waals surface area contributed by atoms with Gasteiger partial charge in [0, 0.05) is 24.7 Å². The molecule has 0 heterocycles. The number of aryl methyl sites for hydroxylation is 1. The van der Waals surface area contributed by atoms with E-state index in [0.717, 1.165) is 24.2 Å². The molecule has 136 valence electrons. The van der Waals surface area contributed by atoms with Gasteiger partial charge in [-0.25, -0.2) is 0 Å². The van der Waals surface area contributed by atoms with Gasteiger partial charge in [-0.2, -0.15) is 0 Å². The molecule has 0 N–H and O–H groups in total. The topological polar surface area (TPSA) is 60.4 Å². The molecule has 1 aliphatic rings. The molecule has 1 aliphatic carbocycles. The second kappa shape index (κ2) is 7.94. The summed E-state index contributed by atoms with van der Waals surface area (Å²) < 4.78 is 5.20. The highest BCUT2D eigenvalue weighted by molar-refractivity contribution is 6.14. The van der Waals surface area contributed by atoms with Gasteiger partial charge in [-0.3, -0.25) is 14.4 Å². The molecule has 4 nitrogen and oxygen atoms in total. The first-order valence-electron chi connectivity index (χ1n) is 9.03. The summed E-state index contributed by atoms with van der Waals surface area (Å²) in [5.74, 6) is 0.458. The van der Waals surface area contributed by atoms with E-state index in [2.05, 4.69) is 0 Å². The third-order valence-corrected chi connectivity index (χ3v) is 5.62. The van der Waals surface area contributed by atoms with Crippen LogP contribution in [0.3, 0.4) is 0 Å². The number of rotatable bonds is 8. The van der Waals surface area contributed by atoms with Gasteiger partial charge < -0.3 is 4.74 Å². The van der Waals surface area contributed by atoms with Gasteiger partial charge in [0.05, 0.1) is 12.5 Å². The molecule has 0 radical (unpaired) electrons. The van der Waals surface area contributed by atoms with Crippen LogP contribution in [0.25, 0.3) is 0 Å². The predicted molar refractivity (Wildman–Crippen MR) is 96.6 cm³/mol. The second-order valence-electron chi connectivity index (χ2n) is 7.38. The van der Waals surface area contributed by atoms with Crippen LogP contribution in [0.2, 0.25) is 0 Å². The zero-order valence-corrected chi connectivity index (χ0v) is 15.6. The normalized spacial score (nSPS) is 22.2. The number of ketones is 3. The summed E-state index contributed by atoms with van der Waals surface area (Å²) in [7, 11) is 1.64. The minimum atomic E-state index is -0.971. The van der Waals surface area contributed by atoms with Crippen molar-refractivity contribution in [2.75, 3.05) is 7.11 Å². The lowest BCUT2D eigenvalue weighted by molar-refractivity contribution is -0.135. The van der Waals surface area contributed by atoms with E-state index < -0.39 is 5.41 Å². The Morgan fingerprint density at radius 3 is 2.36 bits per heavy atom. The monoisotopic (exact) mass is 344 g/mol. The number of hydrogen-bond acceptors (Lipinski definition) is 4. The van der Waals surface area contributed by atoms with Gasteiger partial charge in [0.2, 0.25) is 0 Å². The third kappa shape index (κ3) is 4.17. The molecule has 0 spiro atoms. The van der Waals surface area contributed by atoms with Crippen LogP contribution in [-0.4, -0.2) is 24.5 Å². The number of carbonyl (C=O) groups excluding carboxylic acids is 3. The van der Waals surface area contributed by atoms with E-state index in [1.165, 1.54) is 0 Å². The van der Waals surface area contributed by atoms with Crippen molar-refractivity contribution in [2.24, 2.45) is 17.3 Å². The van der Waals surface area contributed by atoms with Gasteiger partial charge in [-0.05, 0) is 43.9 Å². The number of hydrogen-bond donors (Lipinski definition) is 0. The summed E-state index contributed by atoms with van der Waals surface area (Å²) in [6.07, 6.45) is 2.69. The van der Waals surface area contributed by atoms with E-state index in [1.807, 2.05) is 38.1 Å². The van der Waals surface area contributed by atoms with E-state index in [-0.39, 0.29) is 29.2 Å². The second-order valence-corrected chi connectivity index (χ2v) is 7.38. The summed E-state index contributed by atoms with van der Waals surface area (Å²) in [6.45, 7) is 5.33. The van der Waals surface area contributed by atoms with Crippen LogP contribution in [0, 0.1) is 17.3 Å². The van der Waals surface area contributed by atoms with Crippen LogP contribution in [-0.2, 0) is 20.8 Å². The maximum absolute atomic E-state index is 12.4. The molecule has 0 unspecified atom stereocenters. The zero-order valence-electron chi connectivity index (χ0n) is 15.6. The lowest BCUT2D eigenvalue weighted by atomic mass is 9.80. The first-order valence-corrected chi connectivity index (χ1v) is 9.03. The minimum Gasteiger partial charge on any atom is -0.497 e. The first kappa shape index (κ1) is 19.4. The summed E-state index contributed by atoms with van der Waals surface area (Å²) in [5, 5.41) is 0. The number of Topliss-reactive ketones (excluding diaryl/α,β-unsaturated/α-hetero) is 3. The third-order valence-electron chi connectivity index (χ3n) is 5.62. The SMILES string of the molecule is COc1cccc(CCCC(=O)CCC2(C)C(=O)[C@@H](C)[C@H](C)C2=O)c1. The average molecular weight is 344 g/mol. The summed E-state index contributed by atoms with van der Waals surface area (Å²) >= 11 is 0. The lowest BCUT2D eigenvalue weighted by Gasteiger charge is -2.20. The highest BCUT2D eigenvalue weighted by atomic mass is 16.5. The van der Waals surface area contributed by atoms with Crippen molar-refractivity contribution in [1.82, 2.24) is 0 Å². The van der Waals surface area contributed by atoms with Crippen molar-refractivity contribution < 1.29 is 19.1 Å². The molecule has 0 aliphatic heterocycles. The van der Waals surface area contributed by atoms with Crippen LogP contribution in [0.15, 0.2) is 24.3 Å². The van der Waals surface area contributed by atoms with E-state index in [0.29, 0.717) is 19.3 Å². The van der Waals surface area contributed by atoms with E-state index >= 15 is 0 Å². The molecule has 4 heteroatoms. The van der Waals surface area contributed by atoms with Crippen molar-refractivity contribution in [3.63, 3.8) is 0 Å². The smallest absolute Gasteiger partial charge is 0.149 e. The van der Waals surface area contributed by atoms with Gasteiger partial charge in [0.1, 0.15) is 23.1 Å². The van der Waals surface area contributed by atoms with Crippen molar-refractivity contribution in [2.45, 2.75) is 52.9 Å². The fourth-order valence-corrected chi connectivity index (χ4v) is 3.66. The largest absolute Gasteiger partial charge is 0.497 e. The molecular formula is C21H28O4. The first-order chi connectivity index (χ1) is 11.8. The Kier molecular flexibility index (Phi) is 6.15. The van der Waals surface area contributed by atoms with Crippen molar-refractivity contribution in [3.8, 4) is 5.75 Å². The molecule has 1 aromatic rings. The number of carbonyl (C=O) groups is 3. The number of benzene rings is 1. The number of methoxy groups -OCH3 is 1. The highest BCUT2D eigenvalue weighted by Crippen LogP contribution is 2.42. The fourth-order valence-electron chi connectivity index (χ4n) is 3.66.